The zero-order valence-electron chi connectivity index (χ0n) is 11.8. The molecule has 2 rings (SSSR count). The minimum absolute atomic E-state index is 0.0118. The van der Waals surface area contributed by atoms with Gasteiger partial charge in [-0.25, -0.2) is 4.99 Å². The van der Waals surface area contributed by atoms with Crippen molar-refractivity contribution in [2.75, 3.05) is 13.2 Å². The van der Waals surface area contributed by atoms with Crippen LogP contribution in [-0.2, 0) is 9.47 Å². The lowest BCUT2D eigenvalue weighted by Gasteiger charge is -2.18. The molecule has 0 aromatic heterocycles. The van der Waals surface area contributed by atoms with Gasteiger partial charge in [-0.15, -0.1) is 0 Å². The minimum atomic E-state index is 0.0118. The van der Waals surface area contributed by atoms with E-state index in [9.17, 15) is 0 Å². The first-order valence-electron chi connectivity index (χ1n) is 7.21. The maximum absolute atomic E-state index is 5.94. The van der Waals surface area contributed by atoms with Gasteiger partial charge in [0.2, 0.25) is 0 Å². The van der Waals surface area contributed by atoms with Gasteiger partial charge < -0.3 is 9.47 Å². The Morgan fingerprint density at radius 2 is 2.00 bits per heavy atom. The van der Waals surface area contributed by atoms with Crippen LogP contribution in [0, 0.1) is 0 Å². The molecule has 0 bridgehead atoms. The summed E-state index contributed by atoms with van der Waals surface area (Å²) in [6.45, 7) is 5.69. The van der Waals surface area contributed by atoms with Crippen molar-refractivity contribution in [2.24, 2.45) is 4.99 Å². The third kappa shape index (κ3) is 3.80. The van der Waals surface area contributed by atoms with Gasteiger partial charge in [-0.3, -0.25) is 0 Å². The third-order valence-corrected chi connectivity index (χ3v) is 3.28. The molecule has 0 amide bonds. The summed E-state index contributed by atoms with van der Waals surface area (Å²) in [5.41, 5.74) is 1.18. The molecule has 104 valence electrons. The van der Waals surface area contributed by atoms with Gasteiger partial charge >= 0.3 is 0 Å². The van der Waals surface area contributed by atoms with E-state index in [-0.39, 0.29) is 12.1 Å². The van der Waals surface area contributed by atoms with Crippen molar-refractivity contribution >= 4 is 5.90 Å². The second-order valence-corrected chi connectivity index (χ2v) is 4.82. The molecule has 2 atom stereocenters. The Hall–Kier alpha value is -1.35. The Bertz CT molecular complexity index is 402. The smallest absolute Gasteiger partial charge is 0.184 e. The van der Waals surface area contributed by atoms with E-state index in [4.69, 9.17) is 9.47 Å². The first-order valence-corrected chi connectivity index (χ1v) is 7.21. The van der Waals surface area contributed by atoms with Crippen LogP contribution < -0.4 is 0 Å². The lowest BCUT2D eigenvalue weighted by Crippen LogP contribution is -2.20. The molecule has 0 radical (unpaired) electrons. The molecule has 0 aliphatic carbocycles. The van der Waals surface area contributed by atoms with Crippen molar-refractivity contribution in [2.45, 2.75) is 45.3 Å². The number of hydrogen-bond donors (Lipinski definition) is 0. The molecule has 0 spiro atoms. The minimum Gasteiger partial charge on any atom is -0.471 e. The van der Waals surface area contributed by atoms with Gasteiger partial charge in [-0.05, 0) is 12.0 Å². The van der Waals surface area contributed by atoms with Crippen LogP contribution in [0.2, 0.25) is 0 Å². The largest absolute Gasteiger partial charge is 0.471 e. The van der Waals surface area contributed by atoms with E-state index in [1.807, 2.05) is 18.2 Å². The lowest BCUT2D eigenvalue weighted by atomic mass is 10.0. The van der Waals surface area contributed by atoms with Gasteiger partial charge in [0.25, 0.3) is 0 Å². The van der Waals surface area contributed by atoms with Crippen molar-refractivity contribution in [1.29, 1.82) is 0 Å². The second kappa shape index (κ2) is 7.29. The average Bonchev–Trinajstić information content (AvgIpc) is 2.88. The highest BCUT2D eigenvalue weighted by atomic mass is 16.5. The van der Waals surface area contributed by atoms with Crippen molar-refractivity contribution in [1.82, 2.24) is 0 Å². The second-order valence-electron chi connectivity index (χ2n) is 4.82. The van der Waals surface area contributed by atoms with E-state index in [0.29, 0.717) is 6.61 Å². The number of hydrogen-bond acceptors (Lipinski definition) is 3. The SMILES string of the molecule is CCCCOC[C@@H]1N=C(CC)O[C@H]1c1ccccc1. The Kier molecular flexibility index (Phi) is 5.40. The molecule has 19 heavy (non-hydrogen) atoms. The number of unbranched alkanes of at least 4 members (excludes halogenated alkanes) is 1. The van der Waals surface area contributed by atoms with Crippen LogP contribution in [0.3, 0.4) is 0 Å². The predicted octanol–water partition coefficient (Wildman–Crippen LogP) is 3.75. The summed E-state index contributed by atoms with van der Waals surface area (Å²) in [4.78, 5) is 4.63. The fraction of sp³-hybridized carbons (Fsp3) is 0.562. The molecule has 0 unspecified atom stereocenters. The van der Waals surface area contributed by atoms with Gasteiger partial charge in [-0.1, -0.05) is 50.6 Å². The highest BCUT2D eigenvalue weighted by molar-refractivity contribution is 5.78. The molecule has 1 aliphatic rings. The standard InChI is InChI=1S/C16H23NO2/c1-3-5-11-18-12-14-16(19-15(4-2)17-14)13-9-7-6-8-10-13/h6-10,14,16H,3-5,11-12H2,1-2H3/t14-,16-/m0/s1. The van der Waals surface area contributed by atoms with Crippen LogP contribution in [0.25, 0.3) is 0 Å². The summed E-state index contributed by atoms with van der Waals surface area (Å²) < 4.78 is 11.7. The van der Waals surface area contributed by atoms with E-state index in [2.05, 4.69) is 31.0 Å². The van der Waals surface area contributed by atoms with Crippen LogP contribution in [-0.4, -0.2) is 25.2 Å². The van der Waals surface area contributed by atoms with Crippen LogP contribution in [0.15, 0.2) is 35.3 Å². The molecule has 1 aromatic carbocycles. The maximum Gasteiger partial charge on any atom is 0.184 e. The highest BCUT2D eigenvalue weighted by Gasteiger charge is 2.31. The number of rotatable bonds is 7. The average molecular weight is 261 g/mol. The zero-order chi connectivity index (χ0) is 13.5. The first kappa shape index (κ1) is 14.1. The summed E-state index contributed by atoms with van der Waals surface area (Å²) in [5.74, 6) is 0.845. The third-order valence-electron chi connectivity index (χ3n) is 3.28. The normalized spacial score (nSPS) is 22.1. The number of aliphatic imine (C=N–C) groups is 1. The Labute approximate surface area is 115 Å². The molecule has 1 heterocycles. The Balaban J connectivity index is 1.97. The topological polar surface area (TPSA) is 30.8 Å². The fourth-order valence-electron chi connectivity index (χ4n) is 2.19. The van der Waals surface area contributed by atoms with E-state index in [1.165, 1.54) is 5.56 Å². The summed E-state index contributed by atoms with van der Waals surface area (Å²) in [7, 11) is 0. The van der Waals surface area contributed by atoms with Crippen molar-refractivity contribution in [3.63, 3.8) is 0 Å². The number of nitrogens with zero attached hydrogens (tertiary/aromatic N) is 1. The van der Waals surface area contributed by atoms with Crippen molar-refractivity contribution in [3.05, 3.63) is 35.9 Å². The molecule has 1 aliphatic heterocycles. The summed E-state index contributed by atoms with van der Waals surface area (Å²) in [6, 6.07) is 10.4. The predicted molar refractivity (Wildman–Crippen MR) is 77.5 cm³/mol. The molecule has 0 fully saturated rings. The zero-order valence-corrected chi connectivity index (χ0v) is 11.8. The molecular weight excluding hydrogens is 238 g/mol. The van der Waals surface area contributed by atoms with Gasteiger partial charge in [0.1, 0.15) is 12.1 Å². The van der Waals surface area contributed by atoms with Gasteiger partial charge in [0.05, 0.1) is 6.61 Å². The lowest BCUT2D eigenvalue weighted by molar-refractivity contribution is 0.0835. The summed E-state index contributed by atoms with van der Waals surface area (Å²) >= 11 is 0. The van der Waals surface area contributed by atoms with Crippen molar-refractivity contribution in [3.8, 4) is 0 Å². The Morgan fingerprint density at radius 3 is 2.68 bits per heavy atom. The highest BCUT2D eigenvalue weighted by Crippen LogP contribution is 2.30. The van der Waals surface area contributed by atoms with E-state index in [1.54, 1.807) is 0 Å². The van der Waals surface area contributed by atoms with Gasteiger partial charge in [0, 0.05) is 13.0 Å². The molecule has 1 aromatic rings. The van der Waals surface area contributed by atoms with Crippen molar-refractivity contribution < 1.29 is 9.47 Å². The number of ether oxygens (including phenoxy) is 2. The monoisotopic (exact) mass is 261 g/mol. The summed E-state index contributed by atoms with van der Waals surface area (Å²) in [5, 5.41) is 0. The quantitative estimate of drug-likeness (QED) is 0.700. The van der Waals surface area contributed by atoms with Crippen LogP contribution in [0.4, 0.5) is 0 Å². The van der Waals surface area contributed by atoms with E-state index in [0.717, 1.165) is 31.8 Å². The van der Waals surface area contributed by atoms with E-state index < -0.39 is 0 Å². The maximum atomic E-state index is 5.94. The van der Waals surface area contributed by atoms with Gasteiger partial charge in [-0.2, -0.15) is 0 Å². The summed E-state index contributed by atoms with van der Waals surface area (Å²) in [6.07, 6.45) is 3.12. The first-order chi connectivity index (χ1) is 9.35. The van der Waals surface area contributed by atoms with Crippen LogP contribution in [0.1, 0.15) is 44.8 Å². The number of benzene rings is 1. The fourth-order valence-corrected chi connectivity index (χ4v) is 2.19. The van der Waals surface area contributed by atoms with Crippen LogP contribution >= 0.6 is 0 Å². The molecule has 0 saturated carbocycles. The Morgan fingerprint density at radius 1 is 1.21 bits per heavy atom. The van der Waals surface area contributed by atoms with E-state index >= 15 is 0 Å². The molecule has 0 N–H and O–H groups in total. The van der Waals surface area contributed by atoms with Gasteiger partial charge in [0.15, 0.2) is 5.90 Å². The molecule has 0 saturated heterocycles. The molecular formula is C16H23NO2. The molecule has 3 nitrogen and oxygen atoms in total. The molecule has 3 heteroatoms. The van der Waals surface area contributed by atoms with Crippen LogP contribution in [0.5, 0.6) is 0 Å².